The van der Waals surface area contributed by atoms with Gasteiger partial charge in [-0.05, 0) is 59.1 Å². The Balaban J connectivity index is 2.38. The molecule has 108 valence electrons. The Morgan fingerprint density at radius 3 is 2.60 bits per heavy atom. The third-order valence-electron chi connectivity index (χ3n) is 3.08. The summed E-state index contributed by atoms with van der Waals surface area (Å²) in [6, 6.07) is 8.72. The lowest BCUT2D eigenvalue weighted by Crippen LogP contribution is -2.22. The summed E-state index contributed by atoms with van der Waals surface area (Å²) in [5.74, 6) is 0. The lowest BCUT2D eigenvalue weighted by atomic mass is 10.0. The second kappa shape index (κ2) is 7.41. The lowest BCUT2D eigenvalue weighted by Gasteiger charge is -2.18. The monoisotopic (exact) mass is 435 g/mol. The zero-order valence-corrected chi connectivity index (χ0v) is 16.1. The summed E-state index contributed by atoms with van der Waals surface area (Å²) in [7, 11) is 0. The number of aryl methyl sites for hydroxylation is 1. The van der Waals surface area contributed by atoms with Gasteiger partial charge in [0.1, 0.15) is 0 Å². The summed E-state index contributed by atoms with van der Waals surface area (Å²) >= 11 is 15.0. The number of hydrogen-bond donors (Lipinski definition) is 1. The average Bonchev–Trinajstić information content (AvgIpc) is 2.74. The van der Waals surface area contributed by atoms with Crippen molar-refractivity contribution < 1.29 is 0 Å². The number of nitrogens with one attached hydrogen (secondary N) is 1. The third-order valence-corrected chi connectivity index (χ3v) is 6.47. The van der Waals surface area contributed by atoms with Crippen LogP contribution < -0.4 is 5.32 Å². The standard InChI is InChI=1S/C15H16Br2ClNS/c1-3-6-19-14(13-8-12(18)15(17)20-13)10-5-4-9(2)11(16)7-10/h4-5,7-8,14,19H,3,6H2,1-2H3. The maximum Gasteiger partial charge on any atom is 0.0888 e. The largest absolute Gasteiger partial charge is 0.306 e. The second-order valence-electron chi connectivity index (χ2n) is 4.67. The van der Waals surface area contributed by atoms with Gasteiger partial charge >= 0.3 is 0 Å². The van der Waals surface area contributed by atoms with Crippen LogP contribution in [0.2, 0.25) is 5.02 Å². The van der Waals surface area contributed by atoms with E-state index in [1.807, 2.05) is 6.07 Å². The molecular weight excluding hydrogens is 422 g/mol. The molecule has 0 fully saturated rings. The molecule has 20 heavy (non-hydrogen) atoms. The van der Waals surface area contributed by atoms with E-state index < -0.39 is 0 Å². The summed E-state index contributed by atoms with van der Waals surface area (Å²) in [6.07, 6.45) is 1.10. The van der Waals surface area contributed by atoms with Gasteiger partial charge < -0.3 is 5.32 Å². The van der Waals surface area contributed by atoms with Gasteiger partial charge in [0.15, 0.2) is 0 Å². The minimum absolute atomic E-state index is 0.181. The summed E-state index contributed by atoms with van der Waals surface area (Å²) in [4.78, 5) is 1.23. The fourth-order valence-electron chi connectivity index (χ4n) is 1.97. The zero-order valence-electron chi connectivity index (χ0n) is 11.3. The highest BCUT2D eigenvalue weighted by atomic mass is 79.9. The molecule has 0 aliphatic rings. The lowest BCUT2D eigenvalue weighted by molar-refractivity contribution is 0.605. The first-order valence-electron chi connectivity index (χ1n) is 6.47. The predicted molar refractivity (Wildman–Crippen MR) is 96.0 cm³/mol. The van der Waals surface area contributed by atoms with Crippen molar-refractivity contribution in [3.05, 3.63) is 53.6 Å². The van der Waals surface area contributed by atoms with E-state index in [0.717, 1.165) is 26.2 Å². The number of thiophene rings is 1. The van der Waals surface area contributed by atoms with Crippen molar-refractivity contribution in [2.45, 2.75) is 26.3 Å². The van der Waals surface area contributed by atoms with Crippen LogP contribution in [0.4, 0.5) is 0 Å². The van der Waals surface area contributed by atoms with E-state index in [0.29, 0.717) is 0 Å². The fourth-order valence-corrected chi connectivity index (χ4v) is 4.21. The zero-order chi connectivity index (χ0) is 14.7. The van der Waals surface area contributed by atoms with Crippen LogP contribution in [-0.2, 0) is 0 Å². The number of rotatable bonds is 5. The van der Waals surface area contributed by atoms with Gasteiger partial charge in [-0.1, -0.05) is 46.6 Å². The predicted octanol–water partition coefficient (Wildman–Crippen LogP) is 6.32. The molecule has 1 nitrogen and oxygen atoms in total. The van der Waals surface area contributed by atoms with Crippen LogP contribution in [0.15, 0.2) is 32.5 Å². The molecule has 0 saturated carbocycles. The van der Waals surface area contributed by atoms with E-state index in [-0.39, 0.29) is 6.04 Å². The first-order chi connectivity index (χ1) is 9.52. The molecule has 0 saturated heterocycles. The van der Waals surface area contributed by atoms with E-state index in [1.165, 1.54) is 16.0 Å². The van der Waals surface area contributed by atoms with Crippen LogP contribution in [0, 0.1) is 6.92 Å². The Morgan fingerprint density at radius 1 is 1.30 bits per heavy atom. The molecule has 1 aromatic carbocycles. The molecule has 1 unspecified atom stereocenters. The van der Waals surface area contributed by atoms with Crippen molar-refractivity contribution in [3.63, 3.8) is 0 Å². The Bertz CT molecular complexity index is 578. The van der Waals surface area contributed by atoms with Gasteiger partial charge in [-0.15, -0.1) is 11.3 Å². The van der Waals surface area contributed by atoms with Crippen LogP contribution >= 0.6 is 54.8 Å². The summed E-state index contributed by atoms with van der Waals surface area (Å²) in [5, 5.41) is 4.38. The first kappa shape index (κ1) is 16.5. The van der Waals surface area contributed by atoms with Gasteiger partial charge in [-0.25, -0.2) is 0 Å². The summed E-state index contributed by atoms with van der Waals surface area (Å²) in [6.45, 7) is 5.25. The molecule has 2 rings (SSSR count). The molecule has 0 amide bonds. The first-order valence-corrected chi connectivity index (χ1v) is 9.25. The van der Waals surface area contributed by atoms with E-state index in [2.05, 4.69) is 69.2 Å². The molecule has 0 aliphatic heterocycles. The van der Waals surface area contributed by atoms with Crippen LogP contribution in [0.25, 0.3) is 0 Å². The number of benzene rings is 1. The van der Waals surface area contributed by atoms with Gasteiger partial charge in [0.25, 0.3) is 0 Å². The summed E-state index contributed by atoms with van der Waals surface area (Å²) in [5.41, 5.74) is 2.50. The molecular formula is C15H16Br2ClNS. The normalized spacial score (nSPS) is 12.7. The van der Waals surface area contributed by atoms with Gasteiger partial charge in [0, 0.05) is 9.35 Å². The molecule has 1 aromatic heterocycles. The molecule has 5 heteroatoms. The van der Waals surface area contributed by atoms with Crippen molar-refractivity contribution in [1.82, 2.24) is 5.32 Å². The van der Waals surface area contributed by atoms with Crippen molar-refractivity contribution in [2.24, 2.45) is 0 Å². The van der Waals surface area contributed by atoms with Gasteiger partial charge in [-0.3, -0.25) is 0 Å². The maximum absolute atomic E-state index is 6.18. The molecule has 1 N–H and O–H groups in total. The Morgan fingerprint density at radius 2 is 2.05 bits per heavy atom. The van der Waals surface area contributed by atoms with Crippen molar-refractivity contribution in [2.75, 3.05) is 6.54 Å². The van der Waals surface area contributed by atoms with Gasteiger partial charge in [0.05, 0.1) is 14.9 Å². The van der Waals surface area contributed by atoms with Crippen molar-refractivity contribution >= 4 is 54.8 Å². The Labute approximate surface area is 146 Å². The minimum Gasteiger partial charge on any atom is -0.306 e. The third kappa shape index (κ3) is 3.86. The highest BCUT2D eigenvalue weighted by Crippen LogP contribution is 2.38. The van der Waals surface area contributed by atoms with Crippen LogP contribution in [0.5, 0.6) is 0 Å². The SMILES string of the molecule is CCCNC(c1ccc(C)c(Br)c1)c1cc(Cl)c(Br)s1. The topological polar surface area (TPSA) is 12.0 Å². The Hall–Kier alpha value is 0.130. The van der Waals surface area contributed by atoms with E-state index in [9.17, 15) is 0 Å². The van der Waals surface area contributed by atoms with E-state index in [4.69, 9.17) is 11.6 Å². The molecule has 0 radical (unpaired) electrons. The van der Waals surface area contributed by atoms with E-state index >= 15 is 0 Å². The molecule has 0 aliphatic carbocycles. The maximum atomic E-state index is 6.18. The Kier molecular flexibility index (Phi) is 6.11. The molecule has 0 spiro atoms. The molecule has 2 aromatic rings. The van der Waals surface area contributed by atoms with E-state index in [1.54, 1.807) is 11.3 Å². The molecule has 1 atom stereocenters. The average molecular weight is 438 g/mol. The number of hydrogen-bond acceptors (Lipinski definition) is 2. The van der Waals surface area contributed by atoms with Crippen LogP contribution in [-0.4, -0.2) is 6.54 Å². The van der Waals surface area contributed by atoms with Crippen LogP contribution in [0.3, 0.4) is 0 Å². The second-order valence-corrected chi connectivity index (χ2v) is 8.33. The highest BCUT2D eigenvalue weighted by molar-refractivity contribution is 9.11. The van der Waals surface area contributed by atoms with Gasteiger partial charge in [0.2, 0.25) is 0 Å². The number of halogens is 3. The minimum atomic E-state index is 0.181. The highest BCUT2D eigenvalue weighted by Gasteiger charge is 2.18. The smallest absolute Gasteiger partial charge is 0.0888 e. The fraction of sp³-hybridized carbons (Fsp3) is 0.333. The molecule has 0 bridgehead atoms. The quantitative estimate of drug-likeness (QED) is 0.577. The van der Waals surface area contributed by atoms with Gasteiger partial charge in [-0.2, -0.15) is 0 Å². The van der Waals surface area contributed by atoms with Crippen molar-refractivity contribution in [1.29, 1.82) is 0 Å². The van der Waals surface area contributed by atoms with Crippen LogP contribution in [0.1, 0.15) is 35.4 Å². The summed E-state index contributed by atoms with van der Waals surface area (Å²) < 4.78 is 2.13. The molecule has 1 heterocycles. The van der Waals surface area contributed by atoms with Crippen molar-refractivity contribution in [3.8, 4) is 0 Å².